The van der Waals surface area contributed by atoms with Crippen LogP contribution in [0.4, 0.5) is 0 Å². The molecule has 0 aromatic heterocycles. The third kappa shape index (κ3) is 1.83. The van der Waals surface area contributed by atoms with E-state index in [0.717, 1.165) is 12.8 Å². The van der Waals surface area contributed by atoms with E-state index in [1.807, 2.05) is 0 Å². The maximum atomic E-state index is 12.1. The van der Waals surface area contributed by atoms with Crippen molar-refractivity contribution in [2.75, 3.05) is 6.54 Å². The number of nitrogens with two attached hydrogens (primary N) is 1. The Labute approximate surface area is 94.5 Å². The van der Waals surface area contributed by atoms with Crippen LogP contribution in [-0.2, 0) is 9.59 Å². The molecule has 0 amide bonds. The third-order valence-electron chi connectivity index (χ3n) is 3.58. The van der Waals surface area contributed by atoms with Crippen LogP contribution in [0.15, 0.2) is 11.6 Å². The zero-order valence-corrected chi connectivity index (χ0v) is 9.19. The van der Waals surface area contributed by atoms with Crippen LogP contribution in [0.2, 0.25) is 0 Å². The molecule has 0 aromatic rings. The van der Waals surface area contributed by atoms with Crippen LogP contribution in [-0.4, -0.2) is 29.3 Å². The third-order valence-corrected chi connectivity index (χ3v) is 3.58. The van der Waals surface area contributed by atoms with E-state index in [2.05, 4.69) is 0 Å². The molecule has 0 saturated heterocycles. The monoisotopic (exact) mass is 223 g/mol. The molecule has 4 heteroatoms. The molecule has 1 saturated carbocycles. The van der Waals surface area contributed by atoms with Gasteiger partial charge < -0.3 is 10.8 Å². The number of carbonyl (C=O) groups is 2. The standard InChI is InChI=1S/C12H17NO3/c13-5-4-7-6-10(15)8-2-1-3-9(14)11(8)12(7)16/h6,8-9,11,14H,1-5,13H2. The molecule has 88 valence electrons. The Morgan fingerprint density at radius 1 is 1.38 bits per heavy atom. The van der Waals surface area contributed by atoms with Gasteiger partial charge in [0.15, 0.2) is 11.6 Å². The predicted octanol–water partition coefficient (Wildman–Crippen LogP) is 0.191. The number of aliphatic hydroxyl groups excluding tert-OH is 1. The number of carbonyl (C=O) groups excluding carboxylic acids is 2. The zero-order valence-electron chi connectivity index (χ0n) is 9.19. The molecule has 0 aromatic carbocycles. The highest BCUT2D eigenvalue weighted by Crippen LogP contribution is 2.37. The van der Waals surface area contributed by atoms with E-state index >= 15 is 0 Å². The van der Waals surface area contributed by atoms with Crippen LogP contribution in [0, 0.1) is 11.8 Å². The number of ketones is 2. The zero-order chi connectivity index (χ0) is 11.7. The molecule has 2 rings (SSSR count). The molecule has 2 aliphatic rings. The largest absolute Gasteiger partial charge is 0.392 e. The fourth-order valence-corrected chi connectivity index (χ4v) is 2.77. The molecule has 1 fully saturated rings. The average molecular weight is 223 g/mol. The summed E-state index contributed by atoms with van der Waals surface area (Å²) in [6, 6.07) is 0. The summed E-state index contributed by atoms with van der Waals surface area (Å²) in [5.41, 5.74) is 5.90. The molecule has 0 spiro atoms. The van der Waals surface area contributed by atoms with Gasteiger partial charge in [-0.1, -0.05) is 6.42 Å². The van der Waals surface area contributed by atoms with Gasteiger partial charge in [0.05, 0.1) is 12.0 Å². The second kappa shape index (κ2) is 4.47. The summed E-state index contributed by atoms with van der Waals surface area (Å²) in [5.74, 6) is -0.875. The Morgan fingerprint density at radius 3 is 2.81 bits per heavy atom. The topological polar surface area (TPSA) is 80.4 Å². The minimum atomic E-state index is -0.656. The molecule has 0 bridgehead atoms. The van der Waals surface area contributed by atoms with Gasteiger partial charge in [-0.05, 0) is 31.9 Å². The van der Waals surface area contributed by atoms with Gasteiger partial charge in [0.1, 0.15) is 0 Å². The van der Waals surface area contributed by atoms with Crippen LogP contribution in [0.1, 0.15) is 25.7 Å². The Kier molecular flexibility index (Phi) is 3.21. The molecule has 2 aliphatic carbocycles. The van der Waals surface area contributed by atoms with E-state index < -0.39 is 12.0 Å². The number of Topliss-reactive ketones (excluding diaryl/α,β-unsaturated/α-hetero) is 1. The number of fused-ring (bicyclic) bond motifs is 1. The Bertz CT molecular complexity index is 348. The molecular weight excluding hydrogens is 206 g/mol. The Hall–Kier alpha value is -1.00. The first kappa shape index (κ1) is 11.5. The quantitative estimate of drug-likeness (QED) is 0.700. The predicted molar refractivity (Wildman–Crippen MR) is 58.6 cm³/mol. The lowest BCUT2D eigenvalue weighted by molar-refractivity contribution is -0.137. The van der Waals surface area contributed by atoms with Crippen molar-refractivity contribution in [3.63, 3.8) is 0 Å². The van der Waals surface area contributed by atoms with Gasteiger partial charge in [-0.3, -0.25) is 9.59 Å². The number of hydrogen-bond donors (Lipinski definition) is 2. The lowest BCUT2D eigenvalue weighted by atomic mass is 9.68. The van der Waals surface area contributed by atoms with E-state index in [1.54, 1.807) is 0 Å². The first-order valence-electron chi connectivity index (χ1n) is 5.82. The summed E-state index contributed by atoms with van der Waals surface area (Å²) in [6.07, 6.45) is 3.38. The van der Waals surface area contributed by atoms with Gasteiger partial charge in [-0.15, -0.1) is 0 Å². The maximum absolute atomic E-state index is 12.1. The van der Waals surface area contributed by atoms with Crippen LogP contribution < -0.4 is 5.73 Å². The van der Waals surface area contributed by atoms with E-state index in [-0.39, 0.29) is 17.5 Å². The van der Waals surface area contributed by atoms with Crippen molar-refractivity contribution in [3.05, 3.63) is 11.6 Å². The molecule has 3 unspecified atom stereocenters. The molecule has 3 N–H and O–H groups in total. The van der Waals surface area contributed by atoms with Crippen molar-refractivity contribution in [1.29, 1.82) is 0 Å². The van der Waals surface area contributed by atoms with E-state index in [9.17, 15) is 14.7 Å². The maximum Gasteiger partial charge on any atom is 0.165 e. The molecule has 16 heavy (non-hydrogen) atoms. The first-order valence-corrected chi connectivity index (χ1v) is 5.82. The Morgan fingerprint density at radius 2 is 2.12 bits per heavy atom. The van der Waals surface area contributed by atoms with Crippen molar-refractivity contribution in [2.45, 2.75) is 31.8 Å². The fourth-order valence-electron chi connectivity index (χ4n) is 2.77. The van der Waals surface area contributed by atoms with E-state index in [4.69, 9.17) is 5.73 Å². The van der Waals surface area contributed by atoms with E-state index in [1.165, 1.54) is 6.08 Å². The van der Waals surface area contributed by atoms with Crippen molar-refractivity contribution in [1.82, 2.24) is 0 Å². The van der Waals surface area contributed by atoms with Gasteiger partial charge in [-0.25, -0.2) is 0 Å². The van der Waals surface area contributed by atoms with Crippen LogP contribution >= 0.6 is 0 Å². The van der Waals surface area contributed by atoms with Crippen molar-refractivity contribution >= 4 is 11.6 Å². The van der Waals surface area contributed by atoms with Gasteiger partial charge in [0.25, 0.3) is 0 Å². The van der Waals surface area contributed by atoms with Gasteiger partial charge in [-0.2, -0.15) is 0 Å². The molecule has 4 nitrogen and oxygen atoms in total. The van der Waals surface area contributed by atoms with Crippen LogP contribution in [0.25, 0.3) is 0 Å². The summed E-state index contributed by atoms with van der Waals surface area (Å²) in [4.78, 5) is 23.9. The summed E-state index contributed by atoms with van der Waals surface area (Å²) in [7, 11) is 0. The smallest absolute Gasteiger partial charge is 0.165 e. The summed E-state index contributed by atoms with van der Waals surface area (Å²) in [6.45, 7) is 0.359. The van der Waals surface area contributed by atoms with Crippen molar-refractivity contribution in [3.8, 4) is 0 Å². The second-order valence-corrected chi connectivity index (χ2v) is 4.61. The minimum Gasteiger partial charge on any atom is -0.392 e. The van der Waals surface area contributed by atoms with Crippen molar-refractivity contribution < 1.29 is 14.7 Å². The number of aliphatic hydroxyl groups is 1. The molecule has 0 heterocycles. The number of hydrogen-bond acceptors (Lipinski definition) is 4. The second-order valence-electron chi connectivity index (χ2n) is 4.61. The average Bonchev–Trinajstić information content (AvgIpc) is 2.25. The van der Waals surface area contributed by atoms with Crippen LogP contribution in [0.3, 0.4) is 0 Å². The lowest BCUT2D eigenvalue weighted by Crippen LogP contribution is -2.44. The highest BCUT2D eigenvalue weighted by atomic mass is 16.3. The molecule has 3 atom stereocenters. The highest BCUT2D eigenvalue weighted by molar-refractivity contribution is 6.11. The van der Waals surface area contributed by atoms with Gasteiger partial charge in [0.2, 0.25) is 0 Å². The van der Waals surface area contributed by atoms with E-state index in [0.29, 0.717) is 25.0 Å². The van der Waals surface area contributed by atoms with Gasteiger partial charge in [0, 0.05) is 11.5 Å². The summed E-state index contributed by atoms with van der Waals surface area (Å²) < 4.78 is 0. The molecular formula is C12H17NO3. The summed E-state index contributed by atoms with van der Waals surface area (Å²) >= 11 is 0. The Balaban J connectivity index is 2.29. The van der Waals surface area contributed by atoms with Crippen LogP contribution in [0.5, 0.6) is 0 Å². The number of rotatable bonds is 2. The number of allylic oxidation sites excluding steroid dienone is 1. The SMILES string of the molecule is NCCC1=CC(=O)C2CCCC(O)C2C1=O. The van der Waals surface area contributed by atoms with Gasteiger partial charge >= 0.3 is 0 Å². The lowest BCUT2D eigenvalue weighted by Gasteiger charge is -2.36. The molecule has 0 radical (unpaired) electrons. The summed E-state index contributed by atoms with van der Waals surface area (Å²) in [5, 5.41) is 9.85. The molecule has 0 aliphatic heterocycles. The van der Waals surface area contributed by atoms with Crippen molar-refractivity contribution in [2.24, 2.45) is 17.6 Å². The minimum absolute atomic E-state index is 0.00759. The normalized spacial score (nSPS) is 34.6. The fraction of sp³-hybridized carbons (Fsp3) is 0.667. The highest BCUT2D eigenvalue weighted by Gasteiger charge is 2.44. The first-order chi connectivity index (χ1) is 7.65.